The van der Waals surface area contributed by atoms with Crippen LogP contribution in [0.5, 0.6) is 5.75 Å². The lowest BCUT2D eigenvalue weighted by atomic mass is 10.00. The van der Waals surface area contributed by atoms with Crippen LogP contribution >= 0.6 is 0 Å². The van der Waals surface area contributed by atoms with E-state index >= 15 is 4.39 Å². The van der Waals surface area contributed by atoms with E-state index in [9.17, 15) is 18.0 Å². The molecule has 1 aliphatic rings. The van der Waals surface area contributed by atoms with Crippen molar-refractivity contribution in [2.75, 3.05) is 39.7 Å². The maximum absolute atomic E-state index is 15.1. The Kier molecular flexibility index (Phi) is 8.66. The van der Waals surface area contributed by atoms with E-state index in [1.165, 1.54) is 6.07 Å². The standard InChI is InChI=1S/C29H31FN2O6S/c1-4-23-24(10-12-26(27(23)30)39(3,35)36)29(34)32-14-16-38-25-11-9-21(17-22(25)18-32)19-5-7-20(8-6-19)28(33)31-13-15-37-2/h5-12,17H,4,13-16,18H2,1-3H3,(H,31,33). The van der Waals surface area contributed by atoms with Gasteiger partial charge in [-0.3, -0.25) is 9.59 Å². The molecule has 0 aromatic heterocycles. The average molecular weight is 555 g/mol. The molecule has 206 valence electrons. The van der Waals surface area contributed by atoms with E-state index in [2.05, 4.69) is 5.32 Å². The van der Waals surface area contributed by atoms with Crippen molar-refractivity contribution in [1.29, 1.82) is 0 Å². The molecule has 0 saturated heterocycles. The highest BCUT2D eigenvalue weighted by Gasteiger charge is 2.27. The Balaban J connectivity index is 1.58. The van der Waals surface area contributed by atoms with Crippen LogP contribution in [0.4, 0.5) is 4.39 Å². The van der Waals surface area contributed by atoms with Crippen molar-refractivity contribution in [1.82, 2.24) is 10.2 Å². The van der Waals surface area contributed by atoms with Crippen molar-refractivity contribution >= 4 is 21.7 Å². The molecule has 1 aliphatic heterocycles. The summed E-state index contributed by atoms with van der Waals surface area (Å²) < 4.78 is 49.8. The van der Waals surface area contributed by atoms with Crippen LogP contribution in [0, 0.1) is 5.82 Å². The van der Waals surface area contributed by atoms with E-state index in [1.807, 2.05) is 30.3 Å². The molecule has 3 aromatic carbocycles. The van der Waals surface area contributed by atoms with Gasteiger partial charge in [0.1, 0.15) is 23.1 Å². The lowest BCUT2D eigenvalue weighted by Gasteiger charge is -2.22. The first-order chi connectivity index (χ1) is 18.6. The molecule has 0 aliphatic carbocycles. The zero-order valence-corrected chi connectivity index (χ0v) is 22.9. The maximum atomic E-state index is 15.1. The lowest BCUT2D eigenvalue weighted by Crippen LogP contribution is -2.33. The summed E-state index contributed by atoms with van der Waals surface area (Å²) in [6.07, 6.45) is 1.11. The van der Waals surface area contributed by atoms with E-state index in [1.54, 1.807) is 31.1 Å². The molecule has 39 heavy (non-hydrogen) atoms. The van der Waals surface area contributed by atoms with Crippen LogP contribution in [0.15, 0.2) is 59.5 Å². The van der Waals surface area contributed by atoms with Gasteiger partial charge in [0.05, 0.1) is 13.2 Å². The quantitative estimate of drug-likeness (QED) is 0.424. The molecule has 0 saturated carbocycles. The fourth-order valence-electron chi connectivity index (χ4n) is 4.53. The minimum atomic E-state index is -3.77. The third kappa shape index (κ3) is 6.29. The van der Waals surface area contributed by atoms with E-state index in [0.29, 0.717) is 24.5 Å². The van der Waals surface area contributed by atoms with Crippen LogP contribution < -0.4 is 10.1 Å². The normalized spacial score (nSPS) is 13.3. The predicted octanol–water partition coefficient (Wildman–Crippen LogP) is 3.87. The SMILES string of the molecule is CCc1c(C(=O)N2CCOc3ccc(-c4ccc(C(=O)NCCOC)cc4)cc3C2)ccc(S(C)(=O)=O)c1F. The van der Waals surface area contributed by atoms with Gasteiger partial charge >= 0.3 is 0 Å². The number of benzene rings is 3. The summed E-state index contributed by atoms with van der Waals surface area (Å²) in [6, 6.07) is 15.4. The summed E-state index contributed by atoms with van der Waals surface area (Å²) in [7, 11) is -2.20. The second-order valence-electron chi connectivity index (χ2n) is 9.25. The highest BCUT2D eigenvalue weighted by Crippen LogP contribution is 2.31. The molecule has 1 heterocycles. The lowest BCUT2D eigenvalue weighted by molar-refractivity contribution is 0.0731. The number of fused-ring (bicyclic) bond motifs is 1. The van der Waals surface area contributed by atoms with E-state index in [0.717, 1.165) is 29.0 Å². The molecule has 8 nitrogen and oxygen atoms in total. The van der Waals surface area contributed by atoms with Crippen molar-refractivity contribution < 1.29 is 31.9 Å². The van der Waals surface area contributed by atoms with Crippen LogP contribution in [0.3, 0.4) is 0 Å². The number of nitrogens with zero attached hydrogens (tertiary/aromatic N) is 1. The highest BCUT2D eigenvalue weighted by atomic mass is 32.2. The second-order valence-corrected chi connectivity index (χ2v) is 11.2. The average Bonchev–Trinajstić information content (AvgIpc) is 3.14. The third-order valence-electron chi connectivity index (χ3n) is 6.59. The second kappa shape index (κ2) is 12.0. The van der Waals surface area contributed by atoms with Crippen LogP contribution in [0.25, 0.3) is 11.1 Å². The van der Waals surface area contributed by atoms with E-state index in [4.69, 9.17) is 9.47 Å². The van der Waals surface area contributed by atoms with E-state index in [-0.39, 0.29) is 43.2 Å². The van der Waals surface area contributed by atoms with Gasteiger partial charge in [0, 0.05) is 48.7 Å². The van der Waals surface area contributed by atoms with Crippen LogP contribution in [0.1, 0.15) is 38.8 Å². The Hall–Kier alpha value is -3.76. The number of hydrogen-bond donors (Lipinski definition) is 1. The van der Waals surface area contributed by atoms with Gasteiger partial charge in [-0.1, -0.05) is 25.1 Å². The number of rotatable bonds is 8. The van der Waals surface area contributed by atoms with Gasteiger partial charge in [0.15, 0.2) is 9.84 Å². The number of methoxy groups -OCH3 is 1. The Morgan fingerprint density at radius 2 is 1.79 bits per heavy atom. The number of sulfone groups is 1. The Labute approximate surface area is 227 Å². The highest BCUT2D eigenvalue weighted by molar-refractivity contribution is 7.90. The van der Waals surface area contributed by atoms with Crippen LogP contribution in [0.2, 0.25) is 0 Å². The Morgan fingerprint density at radius 1 is 1.08 bits per heavy atom. The number of carbonyl (C=O) groups excluding carboxylic acids is 2. The van der Waals surface area contributed by atoms with Crippen molar-refractivity contribution in [3.05, 3.63) is 82.7 Å². The molecule has 0 radical (unpaired) electrons. The monoisotopic (exact) mass is 554 g/mol. The van der Waals surface area contributed by atoms with Crippen molar-refractivity contribution in [2.24, 2.45) is 0 Å². The molecular formula is C29H31FN2O6S. The number of hydrogen-bond acceptors (Lipinski definition) is 6. The molecule has 0 atom stereocenters. The van der Waals surface area contributed by atoms with Gasteiger partial charge < -0.3 is 19.7 Å². The van der Waals surface area contributed by atoms with Crippen molar-refractivity contribution in [2.45, 2.75) is 24.8 Å². The molecule has 3 aromatic rings. The fourth-order valence-corrected chi connectivity index (χ4v) is 5.30. The maximum Gasteiger partial charge on any atom is 0.254 e. The summed E-state index contributed by atoms with van der Waals surface area (Å²) in [6.45, 7) is 3.32. The number of halogens is 1. The first kappa shape index (κ1) is 28.3. The minimum Gasteiger partial charge on any atom is -0.491 e. The van der Waals surface area contributed by atoms with Crippen molar-refractivity contribution in [3.8, 4) is 16.9 Å². The molecule has 0 bridgehead atoms. The Morgan fingerprint density at radius 3 is 2.46 bits per heavy atom. The smallest absolute Gasteiger partial charge is 0.254 e. The molecule has 0 spiro atoms. The zero-order valence-electron chi connectivity index (χ0n) is 22.1. The number of carbonyl (C=O) groups is 2. The van der Waals surface area contributed by atoms with Crippen LogP contribution in [-0.2, 0) is 27.5 Å². The minimum absolute atomic E-state index is 0.0772. The molecule has 2 amide bonds. The summed E-state index contributed by atoms with van der Waals surface area (Å²) in [5.41, 5.74) is 3.31. The number of amides is 2. The third-order valence-corrected chi connectivity index (χ3v) is 7.71. The molecule has 4 rings (SSSR count). The van der Waals surface area contributed by atoms with Crippen LogP contribution in [-0.4, -0.2) is 64.8 Å². The van der Waals surface area contributed by atoms with E-state index < -0.39 is 26.5 Å². The van der Waals surface area contributed by atoms with Gasteiger partial charge in [-0.2, -0.15) is 0 Å². The first-order valence-electron chi connectivity index (χ1n) is 12.6. The molecule has 0 fully saturated rings. The van der Waals surface area contributed by atoms with Crippen molar-refractivity contribution in [3.63, 3.8) is 0 Å². The topological polar surface area (TPSA) is 102 Å². The molecule has 0 unspecified atom stereocenters. The molecule has 1 N–H and O–H groups in total. The van der Waals surface area contributed by atoms with Gasteiger partial charge in [0.25, 0.3) is 11.8 Å². The summed E-state index contributed by atoms with van der Waals surface area (Å²) in [5, 5.41) is 2.79. The Bertz CT molecular complexity index is 1490. The predicted molar refractivity (Wildman–Crippen MR) is 145 cm³/mol. The van der Waals surface area contributed by atoms with Gasteiger partial charge in [-0.15, -0.1) is 0 Å². The van der Waals surface area contributed by atoms with Gasteiger partial charge in [0.2, 0.25) is 0 Å². The molecular weight excluding hydrogens is 523 g/mol. The largest absolute Gasteiger partial charge is 0.491 e. The number of ether oxygens (including phenoxy) is 2. The summed E-state index contributed by atoms with van der Waals surface area (Å²) >= 11 is 0. The molecule has 10 heteroatoms. The fraction of sp³-hybridized carbons (Fsp3) is 0.310. The first-order valence-corrected chi connectivity index (χ1v) is 14.5. The summed E-state index contributed by atoms with van der Waals surface area (Å²) in [4.78, 5) is 27.0. The van der Waals surface area contributed by atoms with Gasteiger partial charge in [-0.25, -0.2) is 12.8 Å². The van der Waals surface area contributed by atoms with Gasteiger partial charge in [-0.05, 0) is 53.9 Å². The zero-order chi connectivity index (χ0) is 28.2. The summed E-state index contributed by atoms with van der Waals surface area (Å²) in [5.74, 6) is -0.806. The number of nitrogens with one attached hydrogen (secondary N) is 1.